The van der Waals surface area contributed by atoms with Crippen LogP contribution in [0.15, 0.2) is 41.8 Å². The van der Waals surface area contributed by atoms with Crippen LogP contribution in [0.1, 0.15) is 5.56 Å². The van der Waals surface area contributed by atoms with Gasteiger partial charge < -0.3 is 4.98 Å². The first-order valence-electron chi connectivity index (χ1n) is 5.41. The molecule has 3 rings (SSSR count). The smallest absolute Gasteiger partial charge is 0.158 e. The fourth-order valence-electron chi connectivity index (χ4n) is 1.95. The fourth-order valence-corrected chi connectivity index (χ4v) is 2.80. The number of hydrogen-bond donors (Lipinski definition) is 1. The van der Waals surface area contributed by atoms with Gasteiger partial charge in [-0.15, -0.1) is 11.3 Å². The Labute approximate surface area is 109 Å². The van der Waals surface area contributed by atoms with Gasteiger partial charge in [0.15, 0.2) is 3.95 Å². The zero-order valence-electron chi connectivity index (χ0n) is 9.36. The normalized spacial score (nSPS) is 10.9. The number of aromatic nitrogens is 1. The molecular weight excluding hydrogens is 246 g/mol. The average molecular weight is 257 g/mol. The van der Waals surface area contributed by atoms with Crippen LogP contribution in [-0.2, 0) is 0 Å². The highest BCUT2D eigenvalue weighted by molar-refractivity contribution is 7.73. The van der Waals surface area contributed by atoms with Crippen LogP contribution in [0.4, 0.5) is 0 Å². The quantitative estimate of drug-likeness (QED) is 0.611. The van der Waals surface area contributed by atoms with Gasteiger partial charge >= 0.3 is 0 Å². The molecule has 1 N–H and O–H groups in total. The zero-order chi connectivity index (χ0) is 11.8. The monoisotopic (exact) mass is 257 g/mol. The summed E-state index contributed by atoms with van der Waals surface area (Å²) in [6.07, 6.45) is 0. The zero-order valence-corrected chi connectivity index (χ0v) is 11.0. The van der Waals surface area contributed by atoms with Crippen LogP contribution in [-0.4, -0.2) is 4.98 Å². The molecule has 0 spiro atoms. The molecule has 0 amide bonds. The predicted octanol–water partition coefficient (Wildman–Crippen LogP) is 4.93. The molecule has 0 atom stereocenters. The number of fused-ring (bicyclic) bond motifs is 1. The van der Waals surface area contributed by atoms with Gasteiger partial charge in [0.25, 0.3) is 0 Å². The molecule has 0 aliphatic heterocycles. The predicted molar refractivity (Wildman–Crippen MR) is 77.2 cm³/mol. The van der Waals surface area contributed by atoms with Crippen molar-refractivity contribution in [1.82, 2.24) is 4.98 Å². The largest absolute Gasteiger partial charge is 0.337 e. The number of hydrogen-bond acceptors (Lipinski definition) is 2. The Morgan fingerprint density at radius 3 is 2.59 bits per heavy atom. The summed E-state index contributed by atoms with van der Waals surface area (Å²) < 4.78 is 0.823. The number of H-pyrrole nitrogens is 1. The van der Waals surface area contributed by atoms with Crippen molar-refractivity contribution < 1.29 is 0 Å². The second-order valence-electron chi connectivity index (χ2n) is 4.13. The van der Waals surface area contributed by atoms with E-state index < -0.39 is 0 Å². The van der Waals surface area contributed by atoms with Gasteiger partial charge in [0.1, 0.15) is 0 Å². The Bertz CT molecular complexity index is 737. The van der Waals surface area contributed by atoms with E-state index in [2.05, 4.69) is 53.7 Å². The van der Waals surface area contributed by atoms with Crippen molar-refractivity contribution in [1.29, 1.82) is 0 Å². The first-order valence-corrected chi connectivity index (χ1v) is 6.70. The highest BCUT2D eigenvalue weighted by atomic mass is 32.1. The maximum absolute atomic E-state index is 5.11. The van der Waals surface area contributed by atoms with Crippen LogP contribution < -0.4 is 0 Å². The fraction of sp³-hybridized carbons (Fsp3) is 0.0714. The van der Waals surface area contributed by atoms with Crippen LogP contribution in [0.5, 0.6) is 0 Å². The minimum Gasteiger partial charge on any atom is -0.337 e. The van der Waals surface area contributed by atoms with Crippen molar-refractivity contribution in [3.63, 3.8) is 0 Å². The third kappa shape index (κ3) is 2.04. The Balaban J connectivity index is 2.20. The highest BCUT2D eigenvalue weighted by Gasteiger charge is 2.01. The van der Waals surface area contributed by atoms with E-state index >= 15 is 0 Å². The van der Waals surface area contributed by atoms with Gasteiger partial charge in [-0.2, -0.15) is 0 Å². The summed E-state index contributed by atoms with van der Waals surface area (Å²) >= 11 is 6.68. The Morgan fingerprint density at radius 1 is 1.06 bits per heavy atom. The van der Waals surface area contributed by atoms with Gasteiger partial charge in [-0.05, 0) is 41.5 Å². The lowest BCUT2D eigenvalue weighted by molar-refractivity contribution is 1.39. The molecule has 0 aliphatic carbocycles. The van der Waals surface area contributed by atoms with E-state index in [4.69, 9.17) is 12.2 Å². The summed E-state index contributed by atoms with van der Waals surface area (Å²) in [5.41, 5.74) is 3.58. The van der Waals surface area contributed by atoms with Gasteiger partial charge in [0, 0.05) is 5.38 Å². The first-order chi connectivity index (χ1) is 8.22. The number of aryl methyl sites for hydroxylation is 1. The molecule has 3 heteroatoms. The van der Waals surface area contributed by atoms with Crippen molar-refractivity contribution in [2.24, 2.45) is 0 Å². The third-order valence-electron chi connectivity index (χ3n) is 2.83. The molecule has 0 aliphatic rings. The second kappa shape index (κ2) is 4.09. The van der Waals surface area contributed by atoms with Crippen LogP contribution in [0, 0.1) is 10.9 Å². The minimum atomic E-state index is 0.823. The van der Waals surface area contributed by atoms with Crippen LogP contribution >= 0.6 is 23.6 Å². The lowest BCUT2D eigenvalue weighted by Crippen LogP contribution is -1.80. The number of aromatic amines is 1. The lowest BCUT2D eigenvalue weighted by atomic mass is 10.0. The molecule has 0 saturated carbocycles. The molecule has 1 aromatic heterocycles. The molecule has 0 radical (unpaired) electrons. The standard InChI is InChI=1S/C14H11NS2/c1-9-2-3-11-7-12(5-4-10(11)6-9)13-8-17-14(16)15-13/h2-8H,1H3,(H,15,16). The van der Waals surface area contributed by atoms with E-state index in [1.165, 1.54) is 21.9 Å². The lowest BCUT2D eigenvalue weighted by Gasteiger charge is -2.02. The van der Waals surface area contributed by atoms with Gasteiger partial charge in [-0.1, -0.05) is 35.9 Å². The van der Waals surface area contributed by atoms with Crippen LogP contribution in [0.3, 0.4) is 0 Å². The Morgan fingerprint density at radius 2 is 1.82 bits per heavy atom. The summed E-state index contributed by atoms with van der Waals surface area (Å²) in [5.74, 6) is 0. The topological polar surface area (TPSA) is 15.8 Å². The number of nitrogens with one attached hydrogen (secondary N) is 1. The van der Waals surface area contributed by atoms with Crippen molar-refractivity contribution >= 4 is 34.3 Å². The van der Waals surface area contributed by atoms with E-state index in [0.717, 1.165) is 9.65 Å². The van der Waals surface area contributed by atoms with E-state index in [0.29, 0.717) is 0 Å². The molecule has 2 aromatic carbocycles. The molecule has 0 bridgehead atoms. The SMILES string of the molecule is Cc1ccc2cc(-c3csc(=S)[nH]3)ccc2c1. The number of thiazole rings is 1. The summed E-state index contributed by atoms with van der Waals surface area (Å²) in [7, 11) is 0. The van der Waals surface area contributed by atoms with Crippen LogP contribution in [0.25, 0.3) is 22.0 Å². The van der Waals surface area contributed by atoms with Crippen molar-refractivity contribution in [3.8, 4) is 11.3 Å². The van der Waals surface area contributed by atoms with Crippen LogP contribution in [0.2, 0.25) is 0 Å². The molecule has 0 fully saturated rings. The molecule has 17 heavy (non-hydrogen) atoms. The Hall–Kier alpha value is -1.45. The van der Waals surface area contributed by atoms with Crippen molar-refractivity contribution in [3.05, 3.63) is 51.3 Å². The summed E-state index contributed by atoms with van der Waals surface area (Å²) in [5, 5.41) is 4.61. The third-order valence-corrected chi connectivity index (χ3v) is 3.89. The molecule has 1 nitrogen and oxygen atoms in total. The highest BCUT2D eigenvalue weighted by Crippen LogP contribution is 2.25. The van der Waals surface area contributed by atoms with E-state index in [1.807, 2.05) is 0 Å². The number of benzene rings is 2. The second-order valence-corrected chi connectivity index (χ2v) is 5.67. The van der Waals surface area contributed by atoms with E-state index in [1.54, 1.807) is 11.3 Å². The van der Waals surface area contributed by atoms with Gasteiger partial charge in [0.05, 0.1) is 5.69 Å². The first kappa shape index (κ1) is 10.7. The molecular formula is C14H11NS2. The minimum absolute atomic E-state index is 0.823. The van der Waals surface area contributed by atoms with E-state index in [9.17, 15) is 0 Å². The average Bonchev–Trinajstić information content (AvgIpc) is 2.75. The van der Waals surface area contributed by atoms with Crippen molar-refractivity contribution in [2.75, 3.05) is 0 Å². The van der Waals surface area contributed by atoms with Gasteiger partial charge in [-0.25, -0.2) is 0 Å². The summed E-state index contributed by atoms with van der Waals surface area (Å²) in [4.78, 5) is 3.20. The maximum Gasteiger partial charge on any atom is 0.158 e. The maximum atomic E-state index is 5.11. The van der Waals surface area contributed by atoms with E-state index in [-0.39, 0.29) is 0 Å². The van der Waals surface area contributed by atoms with Gasteiger partial charge in [-0.3, -0.25) is 0 Å². The number of rotatable bonds is 1. The molecule has 1 heterocycles. The van der Waals surface area contributed by atoms with Crippen molar-refractivity contribution in [2.45, 2.75) is 6.92 Å². The molecule has 0 unspecified atom stereocenters. The summed E-state index contributed by atoms with van der Waals surface area (Å²) in [6, 6.07) is 13.0. The molecule has 3 aromatic rings. The summed E-state index contributed by atoms with van der Waals surface area (Å²) in [6.45, 7) is 2.11. The van der Waals surface area contributed by atoms with Gasteiger partial charge in [0.2, 0.25) is 0 Å². The molecule has 0 saturated heterocycles. The molecule has 84 valence electrons. The Kier molecular flexibility index (Phi) is 2.57.